The maximum Gasteiger partial charge on any atom is -0.00557 e. The molecule has 0 saturated heterocycles. The van der Waals surface area contributed by atoms with Crippen molar-refractivity contribution < 1.29 is 0 Å². The van der Waals surface area contributed by atoms with Crippen molar-refractivity contribution >= 4 is 0 Å². The van der Waals surface area contributed by atoms with E-state index in [2.05, 4.69) is 53.7 Å². The summed E-state index contributed by atoms with van der Waals surface area (Å²) in [6, 6.07) is 0. The van der Waals surface area contributed by atoms with Gasteiger partial charge in [-0.05, 0) is 18.3 Å². The first kappa shape index (κ1) is 23.8. The zero-order valence-corrected chi connectivity index (χ0v) is 15.3. The third-order valence-corrected chi connectivity index (χ3v) is 2.83. The molecule has 0 spiro atoms. The molecule has 2 rings (SSSR count). The van der Waals surface area contributed by atoms with Crippen molar-refractivity contribution in [3.63, 3.8) is 0 Å². The summed E-state index contributed by atoms with van der Waals surface area (Å²) in [6.45, 7) is 17.1. The summed E-state index contributed by atoms with van der Waals surface area (Å²) in [5.41, 5.74) is 0. The van der Waals surface area contributed by atoms with Crippen LogP contribution in [0, 0.1) is 11.8 Å². The molecule has 0 aromatic rings. The largest absolute Gasteiger partial charge is 0.0810 e. The molecule has 2 aliphatic carbocycles. The Balaban J connectivity index is -0.000000176. The van der Waals surface area contributed by atoms with Crippen molar-refractivity contribution in [1.29, 1.82) is 0 Å². The van der Waals surface area contributed by atoms with Gasteiger partial charge in [0, 0.05) is 0 Å². The van der Waals surface area contributed by atoms with E-state index in [0.29, 0.717) is 0 Å². The molecule has 0 nitrogen and oxygen atoms in total. The molecule has 118 valence electrons. The summed E-state index contributed by atoms with van der Waals surface area (Å²) >= 11 is 0. The van der Waals surface area contributed by atoms with E-state index in [9.17, 15) is 0 Å². The Bertz CT molecular complexity index is 134. The first-order valence-electron chi connectivity index (χ1n) is 8.84. The van der Waals surface area contributed by atoms with Crippen LogP contribution in [0.25, 0.3) is 0 Å². The molecule has 19 heavy (non-hydrogen) atoms. The smallest absolute Gasteiger partial charge is 0.00557 e. The lowest BCUT2D eigenvalue weighted by Crippen LogP contribution is -2.04. The Morgan fingerprint density at radius 1 is 0.842 bits per heavy atom. The average molecular weight is 271 g/mol. The van der Waals surface area contributed by atoms with Gasteiger partial charge < -0.3 is 0 Å². The summed E-state index contributed by atoms with van der Waals surface area (Å²) in [4.78, 5) is 0. The fourth-order valence-electron chi connectivity index (χ4n) is 0.963. The molecule has 0 aromatic heterocycles. The van der Waals surface area contributed by atoms with Gasteiger partial charge >= 0.3 is 0 Å². The first-order chi connectivity index (χ1) is 9.15. The molecule has 0 heterocycles. The van der Waals surface area contributed by atoms with Gasteiger partial charge in [-0.3, -0.25) is 0 Å². The monoisotopic (exact) mass is 270 g/mol. The van der Waals surface area contributed by atoms with Crippen LogP contribution in [0.4, 0.5) is 0 Å². The van der Waals surface area contributed by atoms with Gasteiger partial charge in [0.25, 0.3) is 0 Å². The Hall–Kier alpha value is -0.260. The van der Waals surface area contributed by atoms with Crippen LogP contribution in [0.5, 0.6) is 0 Å². The number of hydrogen-bond acceptors (Lipinski definition) is 0. The maximum atomic E-state index is 2.31. The van der Waals surface area contributed by atoms with Gasteiger partial charge in [0.1, 0.15) is 0 Å². The molecule has 2 aliphatic rings. The maximum absolute atomic E-state index is 2.31. The van der Waals surface area contributed by atoms with Crippen LogP contribution in [0.2, 0.25) is 0 Å². The van der Waals surface area contributed by atoms with Crippen molar-refractivity contribution in [3.8, 4) is 0 Å². The highest BCUT2D eigenvalue weighted by molar-refractivity contribution is 5.12. The number of rotatable bonds is 2. The first-order valence-corrected chi connectivity index (χ1v) is 8.84. The fourth-order valence-corrected chi connectivity index (χ4v) is 0.963. The summed E-state index contributed by atoms with van der Waals surface area (Å²) in [5.74, 6) is 1.95. The molecule has 1 saturated carbocycles. The predicted octanol–water partition coefficient (Wildman–Crippen LogP) is 7.64. The minimum absolute atomic E-state index is 0.884. The molecule has 0 aliphatic heterocycles. The van der Waals surface area contributed by atoms with Gasteiger partial charge in [0.2, 0.25) is 0 Å². The van der Waals surface area contributed by atoms with Crippen molar-refractivity contribution in [2.24, 2.45) is 11.8 Å². The van der Waals surface area contributed by atoms with Crippen LogP contribution >= 0.6 is 0 Å². The van der Waals surface area contributed by atoms with Crippen LogP contribution < -0.4 is 0 Å². The van der Waals surface area contributed by atoms with Crippen molar-refractivity contribution in [2.75, 3.05) is 0 Å². The molecule has 0 atom stereocenters. The molecule has 0 N–H and O–H groups in total. The van der Waals surface area contributed by atoms with Gasteiger partial charge in [-0.15, -0.1) is 0 Å². The lowest BCUT2D eigenvalue weighted by Gasteiger charge is -2.18. The molecule has 0 radical (unpaired) electrons. The SMILES string of the molecule is CC.CC1CCC1.CCC.CCC1C=C1.CCCC. The molecule has 0 amide bonds. The Labute approximate surface area is 125 Å². The molecule has 0 unspecified atom stereocenters. The van der Waals surface area contributed by atoms with Crippen LogP contribution in [-0.4, -0.2) is 0 Å². The molecule has 1 fully saturated rings. The fraction of sp³-hybridized carbons (Fsp3) is 0.895. The van der Waals surface area contributed by atoms with Gasteiger partial charge in [0.05, 0.1) is 0 Å². The number of allylic oxidation sites excluding steroid dienone is 2. The van der Waals surface area contributed by atoms with Crippen LogP contribution in [0.1, 0.15) is 100 Å². The Morgan fingerprint density at radius 2 is 1.16 bits per heavy atom. The highest BCUT2D eigenvalue weighted by atomic mass is 14.1. The molecule has 0 aromatic carbocycles. The third-order valence-electron chi connectivity index (χ3n) is 2.83. The number of hydrogen-bond donors (Lipinski definition) is 0. The topological polar surface area (TPSA) is 0 Å². The number of unbranched alkanes of at least 4 members (excludes halogenated alkanes) is 1. The molecular weight excluding hydrogens is 228 g/mol. The zero-order chi connectivity index (χ0) is 15.5. The lowest BCUT2D eigenvalue weighted by molar-refractivity contribution is 0.346. The second kappa shape index (κ2) is 22.9. The van der Waals surface area contributed by atoms with E-state index >= 15 is 0 Å². The minimum Gasteiger partial charge on any atom is -0.0810 e. The van der Waals surface area contributed by atoms with E-state index in [1.807, 2.05) is 13.8 Å². The van der Waals surface area contributed by atoms with Crippen LogP contribution in [0.3, 0.4) is 0 Å². The average Bonchev–Trinajstić information content (AvgIpc) is 3.24. The Morgan fingerprint density at radius 3 is 1.16 bits per heavy atom. The zero-order valence-electron chi connectivity index (χ0n) is 15.3. The highest BCUT2D eigenvalue weighted by Gasteiger charge is 2.09. The summed E-state index contributed by atoms with van der Waals surface area (Å²) < 4.78 is 0. The predicted molar refractivity (Wildman–Crippen MR) is 93.8 cm³/mol. The van der Waals surface area contributed by atoms with Crippen LogP contribution in [-0.2, 0) is 0 Å². The summed E-state index contributed by atoms with van der Waals surface area (Å²) in [7, 11) is 0. The van der Waals surface area contributed by atoms with E-state index in [0.717, 1.165) is 11.8 Å². The second-order valence-electron chi connectivity index (χ2n) is 5.20. The Kier molecular flexibility index (Phi) is 28.7. The standard InChI is InChI=1S/C5H10.C5H8.C4H10.C3H8.C2H6/c1-5-3-2-4-5;1-2-5-3-4-5;1-3-4-2;1-3-2;1-2/h5H,2-4H2,1H3;3-5H,2H2,1H3;3-4H2,1-2H3;3H2,1-2H3;1-2H3. The van der Waals surface area contributed by atoms with E-state index < -0.39 is 0 Å². The van der Waals surface area contributed by atoms with E-state index in [1.165, 1.54) is 44.9 Å². The van der Waals surface area contributed by atoms with Gasteiger partial charge in [-0.25, -0.2) is 0 Å². The summed E-state index contributed by atoms with van der Waals surface area (Å²) in [5, 5.41) is 0. The normalized spacial score (nSPS) is 14.9. The second-order valence-corrected chi connectivity index (χ2v) is 5.20. The van der Waals surface area contributed by atoms with Gasteiger partial charge in [-0.2, -0.15) is 0 Å². The van der Waals surface area contributed by atoms with E-state index in [4.69, 9.17) is 0 Å². The van der Waals surface area contributed by atoms with E-state index in [-0.39, 0.29) is 0 Å². The van der Waals surface area contributed by atoms with Crippen molar-refractivity contribution in [1.82, 2.24) is 0 Å². The molecule has 0 bridgehead atoms. The summed E-state index contributed by atoms with van der Waals surface area (Å²) in [6.07, 6.45) is 14.1. The van der Waals surface area contributed by atoms with Crippen molar-refractivity contribution in [2.45, 2.75) is 100 Å². The lowest BCUT2D eigenvalue weighted by atomic mass is 9.88. The van der Waals surface area contributed by atoms with Crippen LogP contribution in [0.15, 0.2) is 12.2 Å². The van der Waals surface area contributed by atoms with Gasteiger partial charge in [-0.1, -0.05) is 106 Å². The quantitative estimate of drug-likeness (QED) is 0.452. The van der Waals surface area contributed by atoms with Crippen molar-refractivity contribution in [3.05, 3.63) is 12.2 Å². The highest BCUT2D eigenvalue weighted by Crippen LogP contribution is 2.24. The van der Waals surface area contributed by atoms with Gasteiger partial charge in [0.15, 0.2) is 0 Å². The minimum atomic E-state index is 0.884. The molecular formula is C19H42. The third kappa shape index (κ3) is 31.9. The van der Waals surface area contributed by atoms with E-state index in [1.54, 1.807) is 0 Å². The molecule has 0 heteroatoms.